The lowest BCUT2D eigenvalue weighted by Crippen LogP contribution is -2.43. The molecule has 0 amide bonds. The number of Topliss-reactive ketones (excluding diaryl/α,β-unsaturated/α-hetero) is 1. The van der Waals surface area contributed by atoms with E-state index in [1.165, 1.54) is 0 Å². The highest BCUT2D eigenvalue weighted by Crippen LogP contribution is 2.37. The molecule has 0 bridgehead atoms. The van der Waals surface area contributed by atoms with Crippen molar-refractivity contribution in [1.29, 1.82) is 10.5 Å². The van der Waals surface area contributed by atoms with E-state index in [1.54, 1.807) is 12.2 Å². The van der Waals surface area contributed by atoms with E-state index in [2.05, 4.69) is 12.1 Å². The minimum absolute atomic E-state index is 0.122. The van der Waals surface area contributed by atoms with Gasteiger partial charge in [0, 0.05) is 24.0 Å². The maximum Gasteiger partial charge on any atom is 0.193 e. The second-order valence-electron chi connectivity index (χ2n) is 10.6. The topological polar surface area (TPSA) is 71.1 Å². The molecule has 2 aliphatic rings. The normalized spacial score (nSPS) is 22.9. The van der Waals surface area contributed by atoms with Gasteiger partial charge in [0.25, 0.3) is 0 Å². The number of nitriles is 2. The van der Waals surface area contributed by atoms with Crippen LogP contribution in [0.4, 0.5) is 0 Å². The number of likely N-dealkylation sites (N-methyl/N-ethyl adjacent to an activating group) is 2. The average molecular weight is 527 g/mol. The van der Waals surface area contributed by atoms with Crippen molar-refractivity contribution in [3.05, 3.63) is 131 Å². The lowest BCUT2D eigenvalue weighted by atomic mass is 9.77. The minimum atomic E-state index is -0.853. The Morgan fingerprint density at radius 3 is 1.38 bits per heavy atom. The first-order valence-electron chi connectivity index (χ1n) is 13.3. The van der Waals surface area contributed by atoms with Gasteiger partial charge >= 0.3 is 0 Å². The molecule has 0 aliphatic heterocycles. The maximum atomic E-state index is 14.3. The molecule has 5 heteroatoms. The van der Waals surface area contributed by atoms with E-state index in [1.807, 2.05) is 135 Å². The van der Waals surface area contributed by atoms with Crippen LogP contribution in [0, 0.1) is 22.7 Å². The fourth-order valence-electron chi connectivity index (χ4n) is 4.92. The van der Waals surface area contributed by atoms with Gasteiger partial charge in [-0.2, -0.15) is 10.5 Å². The first-order chi connectivity index (χ1) is 19.2. The van der Waals surface area contributed by atoms with Crippen molar-refractivity contribution < 1.29 is 4.79 Å². The summed E-state index contributed by atoms with van der Waals surface area (Å²) < 4.78 is 0. The number of benzene rings is 2. The number of ketones is 1. The van der Waals surface area contributed by atoms with Crippen LogP contribution in [0.3, 0.4) is 0 Å². The van der Waals surface area contributed by atoms with Crippen LogP contribution in [-0.2, 0) is 4.79 Å². The molecule has 0 aromatic heterocycles. The highest BCUT2D eigenvalue weighted by Gasteiger charge is 2.38. The van der Waals surface area contributed by atoms with E-state index in [-0.39, 0.29) is 5.78 Å². The van der Waals surface area contributed by atoms with Crippen molar-refractivity contribution in [2.75, 3.05) is 28.2 Å². The molecular formula is C35H34N4O. The number of hydrogen-bond donors (Lipinski definition) is 0. The predicted molar refractivity (Wildman–Crippen MR) is 162 cm³/mol. The molecule has 2 aliphatic carbocycles. The van der Waals surface area contributed by atoms with E-state index < -0.39 is 11.1 Å². The van der Waals surface area contributed by atoms with E-state index >= 15 is 0 Å². The second kappa shape index (κ2) is 12.1. The van der Waals surface area contributed by atoms with Crippen LogP contribution in [-0.4, -0.2) is 54.9 Å². The third-order valence-electron chi connectivity index (χ3n) is 7.69. The number of carbonyl (C=O) groups excluding carboxylic acids is 1. The Hall–Kier alpha value is -4.55. The molecule has 0 fully saturated rings. The van der Waals surface area contributed by atoms with Crippen molar-refractivity contribution in [3.8, 4) is 12.1 Å². The summed E-state index contributed by atoms with van der Waals surface area (Å²) in [5.74, 6) is -0.122. The number of allylic oxidation sites excluding steroid dienone is 6. The summed E-state index contributed by atoms with van der Waals surface area (Å²) in [6.45, 7) is 0. The van der Waals surface area contributed by atoms with E-state index in [0.29, 0.717) is 24.0 Å². The van der Waals surface area contributed by atoms with Crippen molar-refractivity contribution in [2.45, 2.75) is 23.9 Å². The first-order valence-corrected chi connectivity index (χ1v) is 13.3. The van der Waals surface area contributed by atoms with Crippen LogP contribution in [0.5, 0.6) is 0 Å². The average Bonchev–Trinajstić information content (AvgIpc) is 2.99. The zero-order valence-corrected chi connectivity index (χ0v) is 23.5. The summed E-state index contributed by atoms with van der Waals surface area (Å²) in [5.41, 5.74) is 3.02. The monoisotopic (exact) mass is 526 g/mol. The molecule has 2 aromatic rings. The van der Waals surface area contributed by atoms with Crippen LogP contribution in [0.1, 0.15) is 24.0 Å². The Labute approximate surface area is 237 Å². The van der Waals surface area contributed by atoms with Crippen LogP contribution in [0.2, 0.25) is 0 Å². The van der Waals surface area contributed by atoms with Gasteiger partial charge in [0.2, 0.25) is 0 Å². The van der Waals surface area contributed by atoms with Gasteiger partial charge in [0.05, 0.1) is 12.1 Å². The summed E-state index contributed by atoms with van der Waals surface area (Å²) in [6.07, 6.45) is 15.8. The molecule has 2 unspecified atom stereocenters. The Morgan fingerprint density at radius 2 is 1.05 bits per heavy atom. The summed E-state index contributed by atoms with van der Waals surface area (Å²) in [7, 11) is 7.50. The summed E-state index contributed by atoms with van der Waals surface area (Å²) >= 11 is 0. The summed E-state index contributed by atoms with van der Waals surface area (Å²) in [6, 6.07) is 24.7. The largest absolute Gasteiger partial charge is 0.289 e. The van der Waals surface area contributed by atoms with Gasteiger partial charge in [-0.1, -0.05) is 97.1 Å². The van der Waals surface area contributed by atoms with Crippen LogP contribution < -0.4 is 0 Å². The number of rotatable bonds is 8. The Kier molecular flexibility index (Phi) is 8.61. The molecule has 5 nitrogen and oxygen atoms in total. The molecule has 0 saturated heterocycles. The molecule has 2 atom stereocenters. The van der Waals surface area contributed by atoms with E-state index in [9.17, 15) is 15.3 Å². The molecule has 0 heterocycles. The smallest absolute Gasteiger partial charge is 0.193 e. The van der Waals surface area contributed by atoms with Crippen LogP contribution in [0.15, 0.2) is 119 Å². The summed E-state index contributed by atoms with van der Waals surface area (Å²) in [4.78, 5) is 18.0. The van der Waals surface area contributed by atoms with Crippen molar-refractivity contribution >= 4 is 17.9 Å². The Morgan fingerprint density at radius 1 is 0.675 bits per heavy atom. The highest BCUT2D eigenvalue weighted by molar-refractivity contribution is 6.14. The molecule has 2 aromatic carbocycles. The zero-order chi connectivity index (χ0) is 28.8. The summed E-state index contributed by atoms with van der Waals surface area (Å²) in [5, 5.41) is 20.2. The molecule has 0 radical (unpaired) electrons. The molecule has 200 valence electrons. The van der Waals surface area contributed by atoms with E-state index in [4.69, 9.17) is 0 Å². The van der Waals surface area contributed by atoms with Gasteiger partial charge in [-0.3, -0.25) is 14.6 Å². The van der Waals surface area contributed by atoms with E-state index in [0.717, 1.165) is 22.3 Å². The quantitative estimate of drug-likeness (QED) is 0.413. The Balaban J connectivity index is 1.83. The molecule has 0 N–H and O–H groups in total. The Bertz CT molecular complexity index is 1410. The standard InChI is InChI=1S/C35H34N4O/c1-38(2)34(25-36)21-19-31(29(23-34)17-15-27-11-7-5-8-12-27)33(40)32-20-22-35(26-37,39(3)4)24-30(32)18-16-28-13-9-6-10-14-28/h5-22H,23-24H2,1-4H3. The highest BCUT2D eigenvalue weighted by atomic mass is 16.1. The van der Waals surface area contributed by atoms with Crippen molar-refractivity contribution in [3.63, 3.8) is 0 Å². The number of nitrogens with zero attached hydrogens (tertiary/aromatic N) is 4. The van der Waals surface area contributed by atoms with Crippen molar-refractivity contribution in [2.24, 2.45) is 0 Å². The minimum Gasteiger partial charge on any atom is -0.289 e. The van der Waals surface area contributed by atoms with Gasteiger partial charge in [-0.15, -0.1) is 0 Å². The van der Waals surface area contributed by atoms with Gasteiger partial charge in [-0.05, 0) is 62.6 Å². The SMILES string of the molecule is CN(C)C1(C#N)C=CC(C(=O)C2=C(C=Cc3ccccc3)CC(C#N)(N(C)C)C=C2)=C(C=Cc2ccccc2)C1. The third kappa shape index (κ3) is 5.87. The molecule has 40 heavy (non-hydrogen) atoms. The third-order valence-corrected chi connectivity index (χ3v) is 7.69. The molecule has 4 rings (SSSR count). The van der Waals surface area contributed by atoms with Gasteiger partial charge in [0.15, 0.2) is 5.78 Å². The molecule has 0 saturated carbocycles. The molecular weight excluding hydrogens is 492 g/mol. The first kappa shape index (κ1) is 28.5. The van der Waals surface area contributed by atoms with Crippen molar-refractivity contribution in [1.82, 2.24) is 9.80 Å². The predicted octanol–water partition coefficient (Wildman–Crippen LogP) is 6.14. The van der Waals surface area contributed by atoms with Crippen LogP contribution in [0.25, 0.3) is 12.2 Å². The second-order valence-corrected chi connectivity index (χ2v) is 10.6. The van der Waals surface area contributed by atoms with Gasteiger partial charge in [0.1, 0.15) is 11.1 Å². The van der Waals surface area contributed by atoms with Gasteiger partial charge < -0.3 is 0 Å². The number of carbonyl (C=O) groups is 1. The van der Waals surface area contributed by atoms with Gasteiger partial charge in [-0.25, -0.2) is 0 Å². The fourth-order valence-corrected chi connectivity index (χ4v) is 4.92. The fraction of sp³-hybridized carbons (Fsp3) is 0.229. The lowest BCUT2D eigenvalue weighted by Gasteiger charge is -2.35. The number of hydrogen-bond acceptors (Lipinski definition) is 5. The molecule has 0 spiro atoms. The maximum absolute atomic E-state index is 14.3. The zero-order valence-electron chi connectivity index (χ0n) is 23.5. The lowest BCUT2D eigenvalue weighted by molar-refractivity contribution is -0.111. The van der Waals surface area contributed by atoms with Crippen LogP contribution >= 0.6 is 0 Å².